The Hall–Kier alpha value is -1.36. The first kappa shape index (κ1) is 19.4. The van der Waals surface area contributed by atoms with Crippen molar-refractivity contribution in [2.45, 2.75) is 25.1 Å². The molecule has 0 N–H and O–H groups in total. The van der Waals surface area contributed by atoms with Gasteiger partial charge in [-0.2, -0.15) is 0 Å². The Bertz CT molecular complexity index is 767. The van der Waals surface area contributed by atoms with Crippen molar-refractivity contribution in [2.75, 3.05) is 18.9 Å². The minimum Gasteiger partial charge on any atom is -0.494 e. The standard InChI is InChI=1S/C20H21Cl2NO2S/c1-2-3-11-25-16-7-4-14(5-8-16)19(24)23-10-12-26-20(23)17-9-6-15(21)13-18(17)22/h4-9,13,20H,2-3,10-12H2,1H3. The minimum absolute atomic E-state index is 0.00567. The molecule has 0 saturated carbocycles. The van der Waals surface area contributed by atoms with Gasteiger partial charge in [-0.25, -0.2) is 0 Å². The lowest BCUT2D eigenvalue weighted by Crippen LogP contribution is -2.30. The second kappa shape index (κ2) is 9.03. The average Bonchev–Trinajstić information content (AvgIpc) is 3.11. The Balaban J connectivity index is 1.73. The van der Waals surface area contributed by atoms with Gasteiger partial charge in [0.1, 0.15) is 11.1 Å². The fourth-order valence-corrected chi connectivity index (χ4v) is 4.70. The molecule has 1 unspecified atom stereocenters. The first-order valence-corrected chi connectivity index (χ1v) is 10.5. The second-order valence-electron chi connectivity index (χ2n) is 6.11. The Labute approximate surface area is 168 Å². The van der Waals surface area contributed by atoms with E-state index < -0.39 is 0 Å². The third-order valence-electron chi connectivity index (χ3n) is 4.25. The van der Waals surface area contributed by atoms with Crippen molar-refractivity contribution >= 4 is 40.9 Å². The number of thioether (sulfide) groups is 1. The highest BCUT2D eigenvalue weighted by Gasteiger charge is 2.32. The van der Waals surface area contributed by atoms with Crippen molar-refractivity contribution in [1.82, 2.24) is 4.90 Å². The number of nitrogens with zero attached hydrogens (tertiary/aromatic N) is 1. The average molecular weight is 410 g/mol. The van der Waals surface area contributed by atoms with Gasteiger partial charge >= 0.3 is 0 Å². The van der Waals surface area contributed by atoms with Crippen LogP contribution in [-0.4, -0.2) is 29.7 Å². The quantitative estimate of drug-likeness (QED) is 0.542. The highest BCUT2D eigenvalue weighted by molar-refractivity contribution is 7.99. The number of rotatable bonds is 6. The van der Waals surface area contributed by atoms with Gasteiger partial charge in [-0.15, -0.1) is 11.8 Å². The molecule has 0 spiro atoms. The maximum absolute atomic E-state index is 13.0. The predicted octanol–water partition coefficient (Wildman–Crippen LogP) is 6.06. The molecule has 6 heteroatoms. The molecule has 138 valence electrons. The Kier molecular flexibility index (Phi) is 6.74. The second-order valence-corrected chi connectivity index (χ2v) is 8.15. The zero-order chi connectivity index (χ0) is 18.5. The van der Waals surface area contributed by atoms with Gasteiger partial charge in [-0.05, 0) is 42.8 Å². The molecule has 1 heterocycles. The van der Waals surface area contributed by atoms with Gasteiger partial charge in [0.25, 0.3) is 5.91 Å². The summed E-state index contributed by atoms with van der Waals surface area (Å²) < 4.78 is 5.67. The number of amides is 1. The van der Waals surface area contributed by atoms with Crippen molar-refractivity contribution in [3.05, 3.63) is 63.6 Å². The van der Waals surface area contributed by atoms with E-state index in [1.165, 1.54) is 0 Å². The molecule has 3 nitrogen and oxygen atoms in total. The van der Waals surface area contributed by atoms with Crippen molar-refractivity contribution in [2.24, 2.45) is 0 Å². The van der Waals surface area contributed by atoms with E-state index in [2.05, 4.69) is 6.92 Å². The van der Waals surface area contributed by atoms with E-state index in [1.807, 2.05) is 41.3 Å². The molecule has 26 heavy (non-hydrogen) atoms. The van der Waals surface area contributed by atoms with Crippen LogP contribution in [0.3, 0.4) is 0 Å². The molecule has 0 radical (unpaired) electrons. The summed E-state index contributed by atoms with van der Waals surface area (Å²) in [6, 6.07) is 12.8. The molecule has 3 rings (SSSR count). The number of carbonyl (C=O) groups excluding carboxylic acids is 1. The summed E-state index contributed by atoms with van der Waals surface area (Å²) >= 11 is 14.1. The normalized spacial score (nSPS) is 16.7. The van der Waals surface area contributed by atoms with Crippen molar-refractivity contribution in [1.29, 1.82) is 0 Å². The first-order valence-electron chi connectivity index (χ1n) is 8.70. The highest BCUT2D eigenvalue weighted by Crippen LogP contribution is 2.42. The molecule has 0 aliphatic carbocycles. The van der Waals surface area contributed by atoms with Crippen molar-refractivity contribution in [3.8, 4) is 5.75 Å². The van der Waals surface area contributed by atoms with Crippen LogP contribution >= 0.6 is 35.0 Å². The largest absolute Gasteiger partial charge is 0.494 e. The molecule has 2 aromatic carbocycles. The third-order valence-corrected chi connectivity index (χ3v) is 6.05. The Morgan fingerprint density at radius 2 is 2.00 bits per heavy atom. The van der Waals surface area contributed by atoms with Gasteiger partial charge in [0.2, 0.25) is 0 Å². The number of carbonyl (C=O) groups is 1. The monoisotopic (exact) mass is 409 g/mol. The zero-order valence-electron chi connectivity index (χ0n) is 14.6. The van der Waals surface area contributed by atoms with Crippen LogP contribution in [-0.2, 0) is 0 Å². The Morgan fingerprint density at radius 1 is 1.23 bits per heavy atom. The smallest absolute Gasteiger partial charge is 0.255 e. The van der Waals surface area contributed by atoms with E-state index in [1.54, 1.807) is 17.8 Å². The molecule has 1 saturated heterocycles. The van der Waals surface area contributed by atoms with Crippen LogP contribution in [0.1, 0.15) is 41.1 Å². The van der Waals surface area contributed by atoms with Gasteiger partial charge in [0, 0.05) is 33.5 Å². The minimum atomic E-state index is -0.0900. The van der Waals surface area contributed by atoms with Crippen LogP contribution in [0.15, 0.2) is 42.5 Å². The van der Waals surface area contributed by atoms with Crippen LogP contribution in [0.5, 0.6) is 5.75 Å². The number of ether oxygens (including phenoxy) is 1. The van der Waals surface area contributed by atoms with Crippen molar-refractivity contribution < 1.29 is 9.53 Å². The van der Waals surface area contributed by atoms with Crippen LogP contribution in [0.25, 0.3) is 0 Å². The summed E-state index contributed by atoms with van der Waals surface area (Å²) in [6.07, 6.45) is 2.12. The van der Waals surface area contributed by atoms with Crippen LogP contribution in [0.4, 0.5) is 0 Å². The molecular formula is C20H21Cl2NO2S. The summed E-state index contributed by atoms with van der Waals surface area (Å²) in [6.45, 7) is 3.52. The molecule has 1 aliphatic rings. The van der Waals surface area contributed by atoms with E-state index in [0.717, 1.165) is 29.9 Å². The number of benzene rings is 2. The molecule has 1 amide bonds. The molecular weight excluding hydrogens is 389 g/mol. The van der Waals surface area contributed by atoms with E-state index in [0.29, 0.717) is 28.8 Å². The van der Waals surface area contributed by atoms with Gasteiger partial charge < -0.3 is 9.64 Å². The van der Waals surface area contributed by atoms with Crippen LogP contribution < -0.4 is 4.74 Å². The summed E-state index contributed by atoms with van der Waals surface area (Å²) in [4.78, 5) is 14.9. The summed E-state index contributed by atoms with van der Waals surface area (Å²) in [7, 11) is 0. The van der Waals surface area contributed by atoms with E-state index in [-0.39, 0.29) is 11.3 Å². The maximum atomic E-state index is 13.0. The van der Waals surface area contributed by atoms with E-state index in [9.17, 15) is 4.79 Å². The highest BCUT2D eigenvalue weighted by atomic mass is 35.5. The topological polar surface area (TPSA) is 29.5 Å². The van der Waals surface area contributed by atoms with Gasteiger partial charge in [-0.1, -0.05) is 42.6 Å². The fourth-order valence-electron chi connectivity index (χ4n) is 2.83. The van der Waals surface area contributed by atoms with Crippen LogP contribution in [0, 0.1) is 0 Å². The van der Waals surface area contributed by atoms with Gasteiger partial charge in [0.05, 0.1) is 6.61 Å². The predicted molar refractivity (Wildman–Crippen MR) is 110 cm³/mol. The molecule has 0 bridgehead atoms. The number of hydrogen-bond donors (Lipinski definition) is 0. The van der Waals surface area contributed by atoms with Gasteiger partial charge in [-0.3, -0.25) is 4.79 Å². The van der Waals surface area contributed by atoms with E-state index >= 15 is 0 Å². The van der Waals surface area contributed by atoms with Crippen molar-refractivity contribution in [3.63, 3.8) is 0 Å². The van der Waals surface area contributed by atoms with Gasteiger partial charge in [0.15, 0.2) is 0 Å². The molecule has 2 aromatic rings. The fraction of sp³-hybridized carbons (Fsp3) is 0.350. The molecule has 1 aliphatic heterocycles. The first-order chi connectivity index (χ1) is 12.6. The lowest BCUT2D eigenvalue weighted by atomic mass is 10.1. The molecule has 1 atom stereocenters. The number of halogens is 2. The summed E-state index contributed by atoms with van der Waals surface area (Å²) in [5.41, 5.74) is 1.58. The third kappa shape index (κ3) is 4.48. The number of unbranched alkanes of at least 4 members (excludes halogenated alkanes) is 1. The summed E-state index contributed by atoms with van der Waals surface area (Å²) in [5, 5.41) is 1.10. The Morgan fingerprint density at radius 3 is 2.69 bits per heavy atom. The summed E-state index contributed by atoms with van der Waals surface area (Å²) in [5.74, 6) is 1.68. The van der Waals surface area contributed by atoms with E-state index in [4.69, 9.17) is 27.9 Å². The lowest BCUT2D eigenvalue weighted by Gasteiger charge is -2.25. The number of hydrogen-bond acceptors (Lipinski definition) is 3. The lowest BCUT2D eigenvalue weighted by molar-refractivity contribution is 0.0760. The van der Waals surface area contributed by atoms with Crippen LogP contribution in [0.2, 0.25) is 10.0 Å². The maximum Gasteiger partial charge on any atom is 0.255 e. The SMILES string of the molecule is CCCCOc1ccc(C(=O)N2CCSC2c2ccc(Cl)cc2Cl)cc1. The zero-order valence-corrected chi connectivity index (χ0v) is 16.9. The molecule has 0 aromatic heterocycles. The molecule has 1 fully saturated rings.